The van der Waals surface area contributed by atoms with Gasteiger partial charge in [-0.1, -0.05) is 0 Å². The van der Waals surface area contributed by atoms with E-state index < -0.39 is 0 Å². The SMILES string of the molecule is C1CC2(CN1)N=N2. The molecule has 1 spiro atoms. The maximum absolute atomic E-state index is 3.90. The van der Waals surface area contributed by atoms with Crippen LogP contribution in [0.5, 0.6) is 0 Å². The molecule has 2 heterocycles. The van der Waals surface area contributed by atoms with Crippen LogP contribution < -0.4 is 5.32 Å². The number of hydrogen-bond acceptors (Lipinski definition) is 3. The third-order valence-corrected chi connectivity index (χ3v) is 1.49. The Balaban J connectivity index is 2.09. The predicted octanol–water partition coefficient (Wildman–Crippen LogP) is 0.142. The zero-order valence-electron chi connectivity index (χ0n) is 4.02. The van der Waals surface area contributed by atoms with Gasteiger partial charge in [0, 0.05) is 13.0 Å². The van der Waals surface area contributed by atoms with Crippen molar-refractivity contribution in [3.63, 3.8) is 0 Å². The molecule has 2 rings (SSSR count). The van der Waals surface area contributed by atoms with Gasteiger partial charge in [0.15, 0.2) is 0 Å². The number of rotatable bonds is 0. The molecule has 0 bridgehead atoms. The van der Waals surface area contributed by atoms with Gasteiger partial charge >= 0.3 is 0 Å². The lowest BCUT2D eigenvalue weighted by atomic mass is 10.2. The first-order chi connectivity index (χ1) is 3.41. The Morgan fingerprint density at radius 3 is 2.57 bits per heavy atom. The molecule has 0 aromatic heterocycles. The first-order valence-electron chi connectivity index (χ1n) is 2.56. The standard InChI is InChI=1S/C4H7N3/c1-2-5-3-4(1)6-7-4/h5H,1-3H2. The van der Waals surface area contributed by atoms with Crippen LogP contribution >= 0.6 is 0 Å². The molecule has 3 heteroatoms. The molecule has 1 N–H and O–H groups in total. The molecule has 7 heavy (non-hydrogen) atoms. The predicted molar refractivity (Wildman–Crippen MR) is 25.1 cm³/mol. The van der Waals surface area contributed by atoms with E-state index in [0.717, 1.165) is 19.5 Å². The largest absolute Gasteiger partial charge is 0.312 e. The van der Waals surface area contributed by atoms with Crippen LogP contribution in [-0.2, 0) is 0 Å². The Bertz CT molecular complexity index is 104. The third-order valence-electron chi connectivity index (χ3n) is 1.49. The van der Waals surface area contributed by atoms with Gasteiger partial charge in [-0.15, -0.1) is 0 Å². The lowest BCUT2D eigenvalue weighted by molar-refractivity contribution is 0.666. The Labute approximate surface area is 41.8 Å². The van der Waals surface area contributed by atoms with E-state index in [4.69, 9.17) is 0 Å². The summed E-state index contributed by atoms with van der Waals surface area (Å²) in [5, 5.41) is 11.0. The summed E-state index contributed by atoms with van der Waals surface area (Å²) >= 11 is 0. The van der Waals surface area contributed by atoms with Gasteiger partial charge in [0.1, 0.15) is 0 Å². The first-order valence-corrected chi connectivity index (χ1v) is 2.56. The highest BCUT2D eigenvalue weighted by atomic mass is 15.5. The quantitative estimate of drug-likeness (QED) is 0.458. The molecule has 0 aromatic carbocycles. The minimum atomic E-state index is 0.0833. The molecule has 2 aliphatic heterocycles. The van der Waals surface area contributed by atoms with Crippen LogP contribution in [0, 0.1) is 0 Å². The van der Waals surface area contributed by atoms with Crippen molar-refractivity contribution in [2.45, 2.75) is 12.1 Å². The van der Waals surface area contributed by atoms with Gasteiger partial charge in [-0.05, 0) is 6.54 Å². The van der Waals surface area contributed by atoms with Crippen molar-refractivity contribution in [2.24, 2.45) is 10.2 Å². The molecule has 1 saturated heterocycles. The van der Waals surface area contributed by atoms with E-state index >= 15 is 0 Å². The van der Waals surface area contributed by atoms with E-state index in [9.17, 15) is 0 Å². The molecular formula is C4H7N3. The first kappa shape index (κ1) is 3.55. The topological polar surface area (TPSA) is 36.8 Å². The maximum Gasteiger partial charge on any atom is 0.204 e. The average molecular weight is 97.1 g/mol. The van der Waals surface area contributed by atoms with Gasteiger partial charge in [0.2, 0.25) is 5.66 Å². The average Bonchev–Trinajstić information content (AvgIpc) is 2.15. The monoisotopic (exact) mass is 97.1 g/mol. The van der Waals surface area contributed by atoms with E-state index in [0.29, 0.717) is 0 Å². The smallest absolute Gasteiger partial charge is 0.204 e. The van der Waals surface area contributed by atoms with E-state index in [-0.39, 0.29) is 5.66 Å². The number of nitrogens with zero attached hydrogens (tertiary/aromatic N) is 2. The molecule has 0 aliphatic carbocycles. The third kappa shape index (κ3) is 0.383. The van der Waals surface area contributed by atoms with Crippen LogP contribution in [-0.4, -0.2) is 18.8 Å². The molecule has 3 nitrogen and oxygen atoms in total. The number of nitrogens with one attached hydrogen (secondary N) is 1. The summed E-state index contributed by atoms with van der Waals surface area (Å²) in [5.41, 5.74) is 0.0833. The summed E-state index contributed by atoms with van der Waals surface area (Å²) in [7, 11) is 0. The molecule has 0 radical (unpaired) electrons. The zero-order chi connectivity index (χ0) is 4.74. The molecule has 38 valence electrons. The fraction of sp³-hybridized carbons (Fsp3) is 1.00. The molecule has 2 aliphatic rings. The molecule has 0 saturated carbocycles. The summed E-state index contributed by atoms with van der Waals surface area (Å²) in [4.78, 5) is 0. The molecule has 0 atom stereocenters. The Hall–Kier alpha value is -0.440. The van der Waals surface area contributed by atoms with E-state index in [1.165, 1.54) is 0 Å². The zero-order valence-corrected chi connectivity index (χ0v) is 4.02. The van der Waals surface area contributed by atoms with E-state index in [1.54, 1.807) is 0 Å². The lowest BCUT2D eigenvalue weighted by Crippen LogP contribution is -2.14. The van der Waals surface area contributed by atoms with Gasteiger partial charge in [-0.2, -0.15) is 10.2 Å². The highest BCUT2D eigenvalue weighted by molar-refractivity contribution is 4.99. The fourth-order valence-electron chi connectivity index (χ4n) is 0.907. The van der Waals surface area contributed by atoms with Gasteiger partial charge < -0.3 is 5.32 Å². The minimum Gasteiger partial charge on any atom is -0.312 e. The Kier molecular flexibility index (Phi) is 0.439. The van der Waals surface area contributed by atoms with Crippen molar-refractivity contribution in [3.8, 4) is 0 Å². The van der Waals surface area contributed by atoms with Gasteiger partial charge in [0.05, 0.1) is 0 Å². The normalized spacial score (nSPS) is 32.0. The van der Waals surface area contributed by atoms with Gasteiger partial charge in [0.25, 0.3) is 0 Å². The lowest BCUT2D eigenvalue weighted by Gasteiger charge is -1.90. The van der Waals surface area contributed by atoms with E-state index in [2.05, 4.69) is 15.5 Å². The van der Waals surface area contributed by atoms with Crippen molar-refractivity contribution in [1.29, 1.82) is 0 Å². The van der Waals surface area contributed by atoms with Crippen molar-refractivity contribution in [3.05, 3.63) is 0 Å². The molecule has 1 fully saturated rings. The summed E-state index contributed by atoms with van der Waals surface area (Å²) in [6, 6.07) is 0. The molecule has 0 unspecified atom stereocenters. The highest BCUT2D eigenvalue weighted by Gasteiger charge is 2.42. The Morgan fingerprint density at radius 1 is 1.43 bits per heavy atom. The molecular weight excluding hydrogens is 90.1 g/mol. The fourth-order valence-corrected chi connectivity index (χ4v) is 0.907. The van der Waals surface area contributed by atoms with Crippen LogP contribution in [0.2, 0.25) is 0 Å². The summed E-state index contributed by atoms with van der Waals surface area (Å²) in [6.45, 7) is 2.07. The van der Waals surface area contributed by atoms with Crippen molar-refractivity contribution < 1.29 is 0 Å². The second-order valence-electron chi connectivity index (χ2n) is 2.11. The van der Waals surface area contributed by atoms with Crippen LogP contribution in [0.25, 0.3) is 0 Å². The van der Waals surface area contributed by atoms with Crippen LogP contribution in [0.3, 0.4) is 0 Å². The van der Waals surface area contributed by atoms with Crippen molar-refractivity contribution in [1.82, 2.24) is 5.32 Å². The summed E-state index contributed by atoms with van der Waals surface area (Å²) < 4.78 is 0. The minimum absolute atomic E-state index is 0.0833. The second-order valence-corrected chi connectivity index (χ2v) is 2.11. The molecule has 0 aromatic rings. The second kappa shape index (κ2) is 0.865. The van der Waals surface area contributed by atoms with Crippen molar-refractivity contribution >= 4 is 0 Å². The van der Waals surface area contributed by atoms with Gasteiger partial charge in [-0.25, -0.2) is 0 Å². The van der Waals surface area contributed by atoms with Gasteiger partial charge in [-0.3, -0.25) is 0 Å². The van der Waals surface area contributed by atoms with E-state index in [1.807, 2.05) is 0 Å². The van der Waals surface area contributed by atoms with Crippen LogP contribution in [0.4, 0.5) is 0 Å². The maximum atomic E-state index is 3.90. The number of hydrogen-bond donors (Lipinski definition) is 1. The summed E-state index contributed by atoms with van der Waals surface area (Å²) in [6.07, 6.45) is 1.12. The van der Waals surface area contributed by atoms with Crippen LogP contribution in [0.1, 0.15) is 6.42 Å². The summed E-state index contributed by atoms with van der Waals surface area (Å²) in [5.74, 6) is 0. The van der Waals surface area contributed by atoms with Crippen molar-refractivity contribution in [2.75, 3.05) is 13.1 Å². The Morgan fingerprint density at radius 2 is 2.29 bits per heavy atom. The van der Waals surface area contributed by atoms with Crippen LogP contribution in [0.15, 0.2) is 10.2 Å². The molecule has 0 amide bonds. The highest BCUT2D eigenvalue weighted by Crippen LogP contribution is 2.33.